The molecule has 0 fully saturated rings. The van der Waals surface area contributed by atoms with Crippen molar-refractivity contribution in [1.29, 1.82) is 0 Å². The third kappa shape index (κ3) is 3.59. The van der Waals surface area contributed by atoms with E-state index in [-0.39, 0.29) is 24.0 Å². The van der Waals surface area contributed by atoms with Crippen LogP contribution in [0.3, 0.4) is 0 Å². The van der Waals surface area contributed by atoms with Crippen LogP contribution in [0.25, 0.3) is 0 Å². The van der Waals surface area contributed by atoms with Crippen molar-refractivity contribution in [3.8, 4) is 5.75 Å². The van der Waals surface area contributed by atoms with Gasteiger partial charge in [0.1, 0.15) is 5.75 Å². The summed E-state index contributed by atoms with van der Waals surface area (Å²) >= 11 is 0. The minimum Gasteiger partial charge on any atom is -0.508 e. The van der Waals surface area contributed by atoms with Crippen LogP contribution in [0.2, 0.25) is 0 Å². The Hall–Kier alpha value is -2.27. The van der Waals surface area contributed by atoms with E-state index in [1.165, 1.54) is 6.26 Å². The minimum absolute atomic E-state index is 0.173. The van der Waals surface area contributed by atoms with Crippen LogP contribution in [0.4, 0.5) is 0 Å². The number of carbonyl (C=O) groups excluding carboxylic acids is 1. The van der Waals surface area contributed by atoms with Crippen molar-refractivity contribution in [3.63, 3.8) is 0 Å². The Balaban J connectivity index is 1.97. The van der Waals surface area contributed by atoms with Crippen LogP contribution in [-0.2, 0) is 6.42 Å². The normalized spacial score (nSPS) is 12.1. The van der Waals surface area contributed by atoms with Crippen LogP contribution in [0, 0.1) is 0 Å². The van der Waals surface area contributed by atoms with Gasteiger partial charge in [-0.3, -0.25) is 4.79 Å². The summed E-state index contributed by atoms with van der Waals surface area (Å²) in [7, 11) is 0. The Morgan fingerprint density at radius 3 is 2.58 bits per heavy atom. The standard InChI is InChI=1S/C14H15NO4/c16-9-11(8-10-3-5-12(17)6-4-10)15-14(18)13-2-1-7-19-13/h1-7,11,16-17H,8-9H2,(H,15,18)/t11-/m0/s1. The van der Waals surface area contributed by atoms with Gasteiger partial charge in [0.25, 0.3) is 5.91 Å². The Bertz CT molecular complexity index is 519. The Morgan fingerprint density at radius 2 is 2.00 bits per heavy atom. The quantitative estimate of drug-likeness (QED) is 0.758. The van der Waals surface area contributed by atoms with E-state index in [0.29, 0.717) is 6.42 Å². The highest BCUT2D eigenvalue weighted by Crippen LogP contribution is 2.11. The Kier molecular flexibility index (Phi) is 4.20. The van der Waals surface area contributed by atoms with Crippen molar-refractivity contribution in [2.45, 2.75) is 12.5 Å². The van der Waals surface area contributed by atoms with Crippen molar-refractivity contribution < 1.29 is 19.4 Å². The summed E-state index contributed by atoms with van der Waals surface area (Å²) < 4.78 is 4.98. The van der Waals surface area contributed by atoms with Crippen molar-refractivity contribution in [2.75, 3.05) is 6.61 Å². The number of hydrogen-bond donors (Lipinski definition) is 3. The average molecular weight is 261 g/mol. The zero-order chi connectivity index (χ0) is 13.7. The first-order chi connectivity index (χ1) is 9.19. The van der Waals surface area contributed by atoms with Crippen molar-refractivity contribution in [3.05, 3.63) is 54.0 Å². The smallest absolute Gasteiger partial charge is 0.287 e. The summed E-state index contributed by atoms with van der Waals surface area (Å²) in [6, 6.07) is 9.42. The molecule has 2 aromatic rings. The molecule has 1 heterocycles. The molecule has 0 aliphatic rings. The Morgan fingerprint density at radius 1 is 1.26 bits per heavy atom. The maximum absolute atomic E-state index is 11.8. The van der Waals surface area contributed by atoms with E-state index in [4.69, 9.17) is 4.42 Å². The van der Waals surface area contributed by atoms with Gasteiger partial charge in [-0.15, -0.1) is 0 Å². The summed E-state index contributed by atoms with van der Waals surface area (Å²) in [6.45, 7) is -0.173. The lowest BCUT2D eigenvalue weighted by Crippen LogP contribution is -2.38. The summed E-state index contributed by atoms with van der Waals surface area (Å²) in [5.74, 6) is 0.0379. The monoisotopic (exact) mass is 261 g/mol. The predicted octanol–water partition coefficient (Wildman–Crippen LogP) is 1.32. The topological polar surface area (TPSA) is 82.7 Å². The molecule has 0 unspecified atom stereocenters. The average Bonchev–Trinajstić information content (AvgIpc) is 2.94. The largest absolute Gasteiger partial charge is 0.508 e. The molecular weight excluding hydrogens is 246 g/mol. The number of rotatable bonds is 5. The van der Waals surface area contributed by atoms with Gasteiger partial charge in [-0.05, 0) is 36.2 Å². The second-order valence-electron chi connectivity index (χ2n) is 4.20. The molecule has 0 aliphatic heterocycles. The molecule has 5 nitrogen and oxygen atoms in total. The van der Waals surface area contributed by atoms with Gasteiger partial charge in [-0.1, -0.05) is 12.1 Å². The van der Waals surface area contributed by atoms with E-state index in [1.54, 1.807) is 36.4 Å². The number of amides is 1. The number of carbonyl (C=O) groups is 1. The van der Waals surface area contributed by atoms with Crippen LogP contribution >= 0.6 is 0 Å². The van der Waals surface area contributed by atoms with E-state index in [2.05, 4.69) is 5.32 Å². The summed E-state index contributed by atoms with van der Waals surface area (Å²) in [4.78, 5) is 11.8. The molecule has 0 spiro atoms. The van der Waals surface area contributed by atoms with Gasteiger partial charge in [-0.25, -0.2) is 0 Å². The van der Waals surface area contributed by atoms with E-state index < -0.39 is 6.04 Å². The lowest BCUT2D eigenvalue weighted by atomic mass is 10.1. The van der Waals surface area contributed by atoms with Crippen molar-refractivity contribution in [1.82, 2.24) is 5.32 Å². The third-order valence-corrected chi connectivity index (χ3v) is 2.72. The van der Waals surface area contributed by atoms with Crippen LogP contribution in [-0.4, -0.2) is 28.8 Å². The van der Waals surface area contributed by atoms with Gasteiger partial charge < -0.3 is 19.9 Å². The number of nitrogens with one attached hydrogen (secondary N) is 1. The Labute approximate surface area is 110 Å². The highest BCUT2D eigenvalue weighted by molar-refractivity contribution is 5.91. The maximum atomic E-state index is 11.8. The number of aromatic hydroxyl groups is 1. The maximum Gasteiger partial charge on any atom is 0.287 e. The van der Waals surface area contributed by atoms with Crippen molar-refractivity contribution in [2.24, 2.45) is 0 Å². The predicted molar refractivity (Wildman–Crippen MR) is 68.9 cm³/mol. The molecule has 1 atom stereocenters. The van der Waals surface area contributed by atoms with Crippen LogP contribution in [0.5, 0.6) is 5.75 Å². The molecule has 0 saturated carbocycles. The molecule has 19 heavy (non-hydrogen) atoms. The van der Waals surface area contributed by atoms with Crippen molar-refractivity contribution >= 4 is 5.91 Å². The molecule has 100 valence electrons. The minimum atomic E-state index is -0.401. The van der Waals surface area contributed by atoms with E-state index >= 15 is 0 Å². The van der Waals surface area contributed by atoms with Gasteiger partial charge >= 0.3 is 0 Å². The van der Waals surface area contributed by atoms with E-state index in [0.717, 1.165) is 5.56 Å². The number of furan rings is 1. The number of phenols is 1. The molecule has 0 bridgehead atoms. The fourth-order valence-electron chi connectivity index (χ4n) is 1.74. The van der Waals surface area contributed by atoms with Gasteiger partial charge in [0, 0.05) is 0 Å². The first kappa shape index (κ1) is 13.2. The lowest BCUT2D eigenvalue weighted by Gasteiger charge is -2.15. The second-order valence-corrected chi connectivity index (χ2v) is 4.20. The highest BCUT2D eigenvalue weighted by Gasteiger charge is 2.15. The number of aliphatic hydroxyl groups is 1. The molecule has 1 amide bonds. The molecule has 1 aromatic carbocycles. The van der Waals surface area contributed by atoms with E-state index in [1.807, 2.05) is 0 Å². The number of benzene rings is 1. The van der Waals surface area contributed by atoms with Gasteiger partial charge in [-0.2, -0.15) is 0 Å². The molecule has 0 radical (unpaired) electrons. The second kappa shape index (κ2) is 6.06. The summed E-state index contributed by atoms with van der Waals surface area (Å²) in [5, 5.41) is 21.2. The third-order valence-electron chi connectivity index (χ3n) is 2.72. The summed E-state index contributed by atoms with van der Waals surface area (Å²) in [6.07, 6.45) is 1.89. The molecule has 0 aliphatic carbocycles. The zero-order valence-electron chi connectivity index (χ0n) is 10.2. The van der Waals surface area contributed by atoms with Gasteiger partial charge in [0.05, 0.1) is 18.9 Å². The molecule has 3 N–H and O–H groups in total. The number of phenolic OH excluding ortho intramolecular Hbond substituents is 1. The van der Waals surface area contributed by atoms with Crippen LogP contribution in [0.1, 0.15) is 16.1 Å². The first-order valence-electron chi connectivity index (χ1n) is 5.92. The number of aliphatic hydroxyl groups excluding tert-OH is 1. The highest BCUT2D eigenvalue weighted by atomic mass is 16.3. The van der Waals surface area contributed by atoms with Gasteiger partial charge in [0.15, 0.2) is 5.76 Å². The fraction of sp³-hybridized carbons (Fsp3) is 0.214. The van der Waals surface area contributed by atoms with Crippen LogP contribution < -0.4 is 5.32 Å². The molecule has 2 rings (SSSR count). The van der Waals surface area contributed by atoms with Gasteiger partial charge in [0.2, 0.25) is 0 Å². The molecule has 1 aromatic heterocycles. The lowest BCUT2D eigenvalue weighted by molar-refractivity contribution is 0.0888. The SMILES string of the molecule is O=C(N[C@H](CO)Cc1ccc(O)cc1)c1ccco1. The summed E-state index contributed by atoms with van der Waals surface area (Å²) in [5.41, 5.74) is 0.914. The molecule has 0 saturated heterocycles. The first-order valence-corrected chi connectivity index (χ1v) is 5.92. The zero-order valence-corrected chi connectivity index (χ0v) is 10.2. The number of hydrogen-bond acceptors (Lipinski definition) is 4. The van der Waals surface area contributed by atoms with E-state index in [9.17, 15) is 15.0 Å². The van der Waals surface area contributed by atoms with Crippen LogP contribution in [0.15, 0.2) is 47.1 Å². The molecular formula is C14H15NO4. The fourth-order valence-corrected chi connectivity index (χ4v) is 1.74. The molecule has 5 heteroatoms.